The van der Waals surface area contributed by atoms with Crippen LogP contribution in [0.2, 0.25) is 0 Å². The molecular weight excluding hydrogens is 349 g/mol. The zero-order valence-corrected chi connectivity index (χ0v) is 15.3. The Bertz CT molecular complexity index is 863. The highest BCUT2D eigenvalue weighted by Gasteiger charge is 2.14. The van der Waals surface area contributed by atoms with Gasteiger partial charge in [-0.3, -0.25) is 4.79 Å². The number of nitrogens with zero attached hydrogens (tertiary/aromatic N) is 2. The Balaban J connectivity index is 1.48. The van der Waals surface area contributed by atoms with Crippen molar-refractivity contribution in [3.63, 3.8) is 0 Å². The number of thioether (sulfide) groups is 1. The normalized spacial score (nSPS) is 10.7. The van der Waals surface area contributed by atoms with Gasteiger partial charge in [-0.2, -0.15) is 5.10 Å². The predicted molar refractivity (Wildman–Crippen MR) is 102 cm³/mol. The number of hydrogen-bond acceptors (Lipinski definition) is 3. The third-order valence-electron chi connectivity index (χ3n) is 3.94. The zero-order chi connectivity index (χ0) is 18.4. The number of amides is 1. The number of carbonyl (C=O) groups is 1. The number of rotatable bonds is 7. The molecule has 26 heavy (non-hydrogen) atoms. The second kappa shape index (κ2) is 8.67. The number of nitrogens with one attached hydrogen (secondary N) is 1. The van der Waals surface area contributed by atoms with Crippen molar-refractivity contribution < 1.29 is 9.18 Å². The summed E-state index contributed by atoms with van der Waals surface area (Å²) in [6.45, 7) is 2.47. The molecule has 0 saturated carbocycles. The van der Waals surface area contributed by atoms with Gasteiger partial charge in [0.05, 0.1) is 23.1 Å². The molecule has 0 aliphatic carbocycles. The highest BCUT2D eigenvalue weighted by molar-refractivity contribution is 7.99. The molecule has 4 nitrogen and oxygen atoms in total. The molecule has 0 spiro atoms. The summed E-state index contributed by atoms with van der Waals surface area (Å²) >= 11 is 1.65. The smallest absolute Gasteiger partial charge is 0.254 e. The van der Waals surface area contributed by atoms with E-state index in [9.17, 15) is 9.18 Å². The molecule has 0 bridgehead atoms. The van der Waals surface area contributed by atoms with E-state index in [0.717, 1.165) is 28.5 Å². The summed E-state index contributed by atoms with van der Waals surface area (Å²) in [6, 6.07) is 16.2. The van der Waals surface area contributed by atoms with Crippen LogP contribution in [0.15, 0.2) is 65.7 Å². The maximum absolute atomic E-state index is 12.9. The van der Waals surface area contributed by atoms with Crippen LogP contribution in [0, 0.1) is 12.7 Å². The van der Waals surface area contributed by atoms with Crippen LogP contribution in [0.3, 0.4) is 0 Å². The van der Waals surface area contributed by atoms with E-state index < -0.39 is 0 Å². The minimum atomic E-state index is -0.229. The van der Waals surface area contributed by atoms with Gasteiger partial charge in [-0.05, 0) is 55.5 Å². The summed E-state index contributed by atoms with van der Waals surface area (Å²) in [5, 5.41) is 7.25. The fourth-order valence-corrected chi connectivity index (χ4v) is 3.41. The van der Waals surface area contributed by atoms with Crippen molar-refractivity contribution in [2.45, 2.75) is 18.2 Å². The first-order chi connectivity index (χ1) is 12.6. The van der Waals surface area contributed by atoms with Gasteiger partial charge in [-0.15, -0.1) is 11.8 Å². The Hall–Kier alpha value is -2.60. The van der Waals surface area contributed by atoms with E-state index >= 15 is 0 Å². The summed E-state index contributed by atoms with van der Waals surface area (Å²) in [6.07, 6.45) is 2.44. The van der Waals surface area contributed by atoms with Crippen molar-refractivity contribution in [1.29, 1.82) is 0 Å². The molecule has 3 rings (SSSR count). The van der Waals surface area contributed by atoms with Gasteiger partial charge in [-0.1, -0.05) is 18.2 Å². The molecule has 0 aliphatic rings. The van der Waals surface area contributed by atoms with Crippen LogP contribution in [0.1, 0.15) is 22.5 Å². The first-order valence-electron chi connectivity index (χ1n) is 8.42. The SMILES string of the molecule is Cc1c(C(=O)NCCCSc2ccc(F)cc2)cnn1-c1ccccc1. The number of para-hydroxylation sites is 1. The van der Waals surface area contributed by atoms with Gasteiger partial charge in [-0.25, -0.2) is 9.07 Å². The van der Waals surface area contributed by atoms with E-state index in [0.29, 0.717) is 12.1 Å². The highest BCUT2D eigenvalue weighted by Crippen LogP contribution is 2.18. The molecule has 1 amide bonds. The second-order valence-electron chi connectivity index (χ2n) is 5.80. The van der Waals surface area contributed by atoms with Gasteiger partial charge in [0.1, 0.15) is 5.82 Å². The minimum absolute atomic E-state index is 0.114. The Morgan fingerprint density at radius 1 is 1.15 bits per heavy atom. The zero-order valence-electron chi connectivity index (χ0n) is 14.5. The Labute approximate surface area is 156 Å². The third kappa shape index (κ3) is 4.52. The van der Waals surface area contributed by atoms with E-state index in [4.69, 9.17) is 0 Å². The molecule has 0 fully saturated rings. The fraction of sp³-hybridized carbons (Fsp3) is 0.200. The second-order valence-corrected chi connectivity index (χ2v) is 6.97. The summed E-state index contributed by atoms with van der Waals surface area (Å²) in [5.74, 6) is 0.512. The Morgan fingerprint density at radius 3 is 2.62 bits per heavy atom. The van der Waals surface area contributed by atoms with E-state index in [2.05, 4.69) is 10.4 Å². The number of carbonyl (C=O) groups excluding carboxylic acids is 1. The van der Waals surface area contributed by atoms with Crippen LogP contribution in [0.25, 0.3) is 5.69 Å². The van der Waals surface area contributed by atoms with Crippen molar-refractivity contribution in [1.82, 2.24) is 15.1 Å². The fourth-order valence-electron chi connectivity index (χ4n) is 2.55. The van der Waals surface area contributed by atoms with Gasteiger partial charge >= 0.3 is 0 Å². The Morgan fingerprint density at radius 2 is 1.88 bits per heavy atom. The van der Waals surface area contributed by atoms with Gasteiger partial charge in [0.25, 0.3) is 5.91 Å². The largest absolute Gasteiger partial charge is 0.352 e. The number of hydrogen-bond donors (Lipinski definition) is 1. The lowest BCUT2D eigenvalue weighted by atomic mass is 10.2. The number of benzene rings is 2. The summed E-state index contributed by atoms with van der Waals surface area (Å²) < 4.78 is 14.6. The summed E-state index contributed by atoms with van der Waals surface area (Å²) in [7, 11) is 0. The molecule has 0 radical (unpaired) electrons. The quantitative estimate of drug-likeness (QED) is 0.501. The average Bonchev–Trinajstić information content (AvgIpc) is 3.05. The van der Waals surface area contributed by atoms with E-state index in [-0.39, 0.29) is 11.7 Å². The van der Waals surface area contributed by atoms with Crippen molar-refractivity contribution in [3.8, 4) is 5.69 Å². The molecule has 6 heteroatoms. The summed E-state index contributed by atoms with van der Waals surface area (Å²) in [4.78, 5) is 13.4. The molecule has 0 saturated heterocycles. The third-order valence-corrected chi connectivity index (χ3v) is 5.04. The van der Waals surface area contributed by atoms with Crippen LogP contribution >= 0.6 is 11.8 Å². The number of halogens is 1. The highest BCUT2D eigenvalue weighted by atomic mass is 32.2. The van der Waals surface area contributed by atoms with Gasteiger partial charge in [0.15, 0.2) is 0 Å². The molecule has 0 atom stereocenters. The Kier molecular flexibility index (Phi) is 6.07. The van der Waals surface area contributed by atoms with Crippen LogP contribution < -0.4 is 5.32 Å². The lowest BCUT2D eigenvalue weighted by Crippen LogP contribution is -2.25. The van der Waals surface area contributed by atoms with Crippen molar-refractivity contribution in [2.24, 2.45) is 0 Å². The van der Waals surface area contributed by atoms with Gasteiger partial charge in [0.2, 0.25) is 0 Å². The molecule has 134 valence electrons. The maximum Gasteiger partial charge on any atom is 0.254 e. The standard InChI is InChI=1S/C20H20FN3OS/c1-15-19(14-23-24(15)17-6-3-2-4-7-17)20(25)22-12-5-13-26-18-10-8-16(21)9-11-18/h2-4,6-11,14H,5,12-13H2,1H3,(H,22,25). The molecule has 1 heterocycles. The summed E-state index contributed by atoms with van der Waals surface area (Å²) in [5.41, 5.74) is 2.33. The van der Waals surface area contributed by atoms with E-state index in [1.165, 1.54) is 12.1 Å². The lowest BCUT2D eigenvalue weighted by Gasteiger charge is -2.07. The van der Waals surface area contributed by atoms with Crippen molar-refractivity contribution >= 4 is 17.7 Å². The lowest BCUT2D eigenvalue weighted by molar-refractivity contribution is 0.0953. The molecule has 0 unspecified atom stereocenters. The van der Waals surface area contributed by atoms with E-state index in [1.807, 2.05) is 37.3 Å². The average molecular weight is 369 g/mol. The minimum Gasteiger partial charge on any atom is -0.352 e. The van der Waals surface area contributed by atoms with Crippen LogP contribution in [-0.4, -0.2) is 28.0 Å². The van der Waals surface area contributed by atoms with Crippen LogP contribution in [-0.2, 0) is 0 Å². The van der Waals surface area contributed by atoms with Crippen LogP contribution in [0.5, 0.6) is 0 Å². The van der Waals surface area contributed by atoms with Gasteiger partial charge in [0, 0.05) is 11.4 Å². The topological polar surface area (TPSA) is 46.9 Å². The van der Waals surface area contributed by atoms with E-state index in [1.54, 1.807) is 34.8 Å². The molecular formula is C20H20FN3OS. The molecule has 1 N–H and O–H groups in total. The molecule has 0 aliphatic heterocycles. The van der Waals surface area contributed by atoms with Gasteiger partial charge < -0.3 is 5.32 Å². The van der Waals surface area contributed by atoms with Crippen molar-refractivity contribution in [3.05, 3.63) is 77.9 Å². The van der Waals surface area contributed by atoms with Crippen LogP contribution in [0.4, 0.5) is 4.39 Å². The predicted octanol–water partition coefficient (Wildman–Crippen LogP) is 4.23. The molecule has 3 aromatic rings. The molecule has 1 aromatic heterocycles. The first-order valence-corrected chi connectivity index (χ1v) is 9.40. The number of aromatic nitrogens is 2. The van der Waals surface area contributed by atoms with Crippen molar-refractivity contribution in [2.75, 3.05) is 12.3 Å². The molecule has 2 aromatic carbocycles. The monoisotopic (exact) mass is 369 g/mol. The maximum atomic E-state index is 12.9. The first kappa shape index (κ1) is 18.2.